The average Bonchev–Trinajstić information content (AvgIpc) is 2.96. The Hall–Kier alpha value is -1.35. The summed E-state index contributed by atoms with van der Waals surface area (Å²) in [6.07, 6.45) is 2.83. The number of thiazole rings is 1. The number of rotatable bonds is 6. The lowest BCUT2D eigenvalue weighted by atomic mass is 10.2. The molecule has 0 aliphatic heterocycles. The topological polar surface area (TPSA) is 52.6 Å². The van der Waals surface area contributed by atoms with Crippen LogP contribution in [0.5, 0.6) is 0 Å². The van der Waals surface area contributed by atoms with Gasteiger partial charge in [-0.1, -0.05) is 12.1 Å². The van der Waals surface area contributed by atoms with Crippen molar-refractivity contribution in [2.45, 2.75) is 19.9 Å². The van der Waals surface area contributed by atoms with Crippen LogP contribution in [0, 0.1) is 6.92 Å². The summed E-state index contributed by atoms with van der Waals surface area (Å²) in [5.74, 6) is 0.815. The van der Waals surface area contributed by atoms with Crippen LogP contribution in [0.3, 0.4) is 0 Å². The average molecular weight is 459 g/mol. The zero-order chi connectivity index (χ0) is 16.7. The first-order valence-corrected chi connectivity index (χ1v) is 8.52. The molecule has 7 heteroatoms. The number of nitrogens with one attached hydrogen (secondary N) is 2. The van der Waals surface area contributed by atoms with Gasteiger partial charge in [0.05, 0.1) is 5.01 Å². The molecule has 2 rings (SSSR count). The van der Waals surface area contributed by atoms with E-state index in [0.717, 1.165) is 30.5 Å². The van der Waals surface area contributed by atoms with E-state index in [1.807, 2.05) is 20.3 Å². The molecule has 24 heavy (non-hydrogen) atoms. The van der Waals surface area contributed by atoms with Crippen molar-refractivity contribution in [2.24, 2.45) is 4.99 Å². The molecular formula is C17H26IN5S. The lowest BCUT2D eigenvalue weighted by molar-refractivity contribution is 0.792. The Morgan fingerprint density at radius 3 is 2.46 bits per heavy atom. The fourth-order valence-corrected chi connectivity index (χ4v) is 2.91. The summed E-state index contributed by atoms with van der Waals surface area (Å²) in [5.41, 5.74) is 2.43. The van der Waals surface area contributed by atoms with Gasteiger partial charge in [0.1, 0.15) is 0 Å². The highest BCUT2D eigenvalue weighted by Crippen LogP contribution is 2.12. The van der Waals surface area contributed by atoms with E-state index in [4.69, 9.17) is 0 Å². The molecule has 2 aromatic rings. The fourth-order valence-electron chi connectivity index (χ4n) is 2.12. The Morgan fingerprint density at radius 1 is 1.21 bits per heavy atom. The quantitative estimate of drug-likeness (QED) is 0.396. The summed E-state index contributed by atoms with van der Waals surface area (Å²) in [5, 5.41) is 7.82. The van der Waals surface area contributed by atoms with Crippen LogP contribution >= 0.6 is 35.3 Å². The van der Waals surface area contributed by atoms with Crippen LogP contribution in [-0.4, -0.2) is 38.6 Å². The van der Waals surface area contributed by atoms with Crippen LogP contribution in [0.25, 0.3) is 0 Å². The molecule has 0 aliphatic carbocycles. The van der Waals surface area contributed by atoms with Gasteiger partial charge in [0.2, 0.25) is 0 Å². The molecule has 0 amide bonds. The molecule has 1 aromatic carbocycles. The molecule has 1 aromatic heterocycles. The predicted molar refractivity (Wildman–Crippen MR) is 115 cm³/mol. The molecule has 0 spiro atoms. The van der Waals surface area contributed by atoms with Gasteiger partial charge in [-0.3, -0.25) is 4.99 Å². The number of anilines is 1. The van der Waals surface area contributed by atoms with Crippen LogP contribution in [-0.2, 0) is 13.0 Å². The summed E-state index contributed by atoms with van der Waals surface area (Å²) in [4.78, 5) is 12.0. The Labute approximate surface area is 165 Å². The summed E-state index contributed by atoms with van der Waals surface area (Å²) >= 11 is 1.75. The maximum Gasteiger partial charge on any atom is 0.191 e. The smallest absolute Gasteiger partial charge is 0.191 e. The van der Waals surface area contributed by atoms with Gasteiger partial charge < -0.3 is 15.5 Å². The second-order valence-corrected chi connectivity index (χ2v) is 6.85. The van der Waals surface area contributed by atoms with Gasteiger partial charge in [-0.25, -0.2) is 4.98 Å². The van der Waals surface area contributed by atoms with E-state index in [1.165, 1.54) is 16.1 Å². The van der Waals surface area contributed by atoms with E-state index in [0.29, 0.717) is 0 Å². The Morgan fingerprint density at radius 2 is 1.92 bits per heavy atom. The lowest BCUT2D eigenvalue weighted by Gasteiger charge is -2.14. The van der Waals surface area contributed by atoms with E-state index in [2.05, 4.69) is 56.7 Å². The Bertz CT molecular complexity index is 637. The predicted octanol–water partition coefficient (Wildman–Crippen LogP) is 3.04. The van der Waals surface area contributed by atoms with Gasteiger partial charge >= 0.3 is 0 Å². The zero-order valence-corrected chi connectivity index (χ0v) is 17.8. The highest BCUT2D eigenvalue weighted by molar-refractivity contribution is 14.0. The van der Waals surface area contributed by atoms with Crippen LogP contribution in [0.4, 0.5) is 5.69 Å². The van der Waals surface area contributed by atoms with Crippen molar-refractivity contribution in [3.63, 3.8) is 0 Å². The van der Waals surface area contributed by atoms with Gasteiger partial charge in [0, 0.05) is 57.4 Å². The Kier molecular flexibility index (Phi) is 9.05. The molecule has 0 atom stereocenters. The monoisotopic (exact) mass is 459 g/mol. The first-order chi connectivity index (χ1) is 11.1. The minimum atomic E-state index is 0. The lowest BCUT2D eigenvalue weighted by Crippen LogP contribution is -2.37. The number of guanidine groups is 1. The van der Waals surface area contributed by atoms with E-state index in [1.54, 1.807) is 18.4 Å². The van der Waals surface area contributed by atoms with E-state index in [9.17, 15) is 0 Å². The fraction of sp³-hybridized carbons (Fsp3) is 0.412. The van der Waals surface area contributed by atoms with E-state index < -0.39 is 0 Å². The van der Waals surface area contributed by atoms with Gasteiger partial charge in [0.25, 0.3) is 0 Å². The molecule has 2 N–H and O–H groups in total. The third kappa shape index (κ3) is 6.64. The van der Waals surface area contributed by atoms with Crippen LogP contribution < -0.4 is 15.5 Å². The third-order valence-electron chi connectivity index (χ3n) is 3.44. The van der Waals surface area contributed by atoms with Crippen molar-refractivity contribution in [3.05, 3.63) is 45.9 Å². The second-order valence-electron chi connectivity index (χ2n) is 5.53. The number of nitrogens with zero attached hydrogens (tertiary/aromatic N) is 3. The first-order valence-electron chi connectivity index (χ1n) is 7.70. The van der Waals surface area contributed by atoms with Gasteiger partial charge in [0.15, 0.2) is 5.96 Å². The van der Waals surface area contributed by atoms with Crippen molar-refractivity contribution >= 4 is 47.0 Å². The highest BCUT2D eigenvalue weighted by Gasteiger charge is 2.02. The maximum atomic E-state index is 4.37. The van der Waals surface area contributed by atoms with E-state index in [-0.39, 0.29) is 24.0 Å². The van der Waals surface area contributed by atoms with Crippen LogP contribution in [0.15, 0.2) is 35.5 Å². The molecule has 132 valence electrons. The number of hydrogen-bond acceptors (Lipinski definition) is 4. The number of aromatic nitrogens is 1. The molecule has 0 saturated carbocycles. The summed E-state index contributed by atoms with van der Waals surface area (Å²) < 4.78 is 0. The molecule has 1 heterocycles. The molecule has 0 saturated heterocycles. The van der Waals surface area contributed by atoms with Gasteiger partial charge in [-0.05, 0) is 24.6 Å². The van der Waals surface area contributed by atoms with Crippen molar-refractivity contribution in [1.29, 1.82) is 0 Å². The second kappa shape index (κ2) is 10.5. The number of benzene rings is 1. The molecular weight excluding hydrogens is 433 g/mol. The highest BCUT2D eigenvalue weighted by atomic mass is 127. The maximum absolute atomic E-state index is 4.37. The van der Waals surface area contributed by atoms with Crippen molar-refractivity contribution in [1.82, 2.24) is 15.6 Å². The number of halogens is 1. The SMILES string of the molecule is CN=C(NCCc1ncc(C)s1)NCc1ccc(N(C)C)cc1.I. The largest absolute Gasteiger partial charge is 0.378 e. The molecule has 0 radical (unpaired) electrons. The molecule has 0 unspecified atom stereocenters. The van der Waals surface area contributed by atoms with Crippen molar-refractivity contribution in [2.75, 3.05) is 32.6 Å². The number of aliphatic imine (C=N–C) groups is 1. The number of hydrogen-bond donors (Lipinski definition) is 2. The van der Waals surface area contributed by atoms with E-state index >= 15 is 0 Å². The molecule has 0 fully saturated rings. The van der Waals surface area contributed by atoms with Crippen molar-refractivity contribution < 1.29 is 0 Å². The Balaban J connectivity index is 0.00000288. The summed E-state index contributed by atoms with van der Waals surface area (Å²) in [6, 6.07) is 8.51. The molecule has 0 bridgehead atoms. The number of aryl methyl sites for hydroxylation is 1. The third-order valence-corrected chi connectivity index (χ3v) is 4.41. The zero-order valence-electron chi connectivity index (χ0n) is 14.7. The minimum absolute atomic E-state index is 0. The molecule has 5 nitrogen and oxygen atoms in total. The molecule has 0 aliphatic rings. The van der Waals surface area contributed by atoms with Gasteiger partial charge in [-0.2, -0.15) is 0 Å². The summed E-state index contributed by atoms with van der Waals surface area (Å²) in [6.45, 7) is 3.66. The van der Waals surface area contributed by atoms with Crippen LogP contribution in [0.2, 0.25) is 0 Å². The van der Waals surface area contributed by atoms with Crippen LogP contribution in [0.1, 0.15) is 15.4 Å². The van der Waals surface area contributed by atoms with Gasteiger partial charge in [-0.15, -0.1) is 35.3 Å². The minimum Gasteiger partial charge on any atom is -0.378 e. The standard InChI is InChI=1S/C17H25N5S.HI/c1-13-11-20-16(23-13)9-10-19-17(18-2)21-12-14-5-7-15(8-6-14)22(3)4;/h5-8,11H,9-10,12H2,1-4H3,(H2,18,19,21);1H. The summed E-state index contributed by atoms with van der Waals surface area (Å²) in [7, 11) is 5.88. The normalized spacial score (nSPS) is 10.9. The first kappa shape index (κ1) is 20.7. The van der Waals surface area contributed by atoms with Crippen molar-refractivity contribution in [3.8, 4) is 0 Å².